The van der Waals surface area contributed by atoms with Crippen LogP contribution in [0.15, 0.2) is 42.6 Å². The van der Waals surface area contributed by atoms with Crippen LogP contribution in [0.4, 0.5) is 4.39 Å². The first kappa shape index (κ1) is 10.5. The lowest BCUT2D eigenvalue weighted by atomic mass is 10.0. The van der Waals surface area contributed by atoms with Crippen molar-refractivity contribution in [2.75, 3.05) is 0 Å². The minimum absolute atomic E-state index is 0.252. The van der Waals surface area contributed by atoms with E-state index in [9.17, 15) is 9.18 Å². The van der Waals surface area contributed by atoms with Gasteiger partial charge in [0.1, 0.15) is 11.5 Å². The van der Waals surface area contributed by atoms with Gasteiger partial charge in [-0.25, -0.2) is 4.39 Å². The fraction of sp³-hybridized carbons (Fsp3) is 0.0769. The molecule has 0 unspecified atom stereocenters. The van der Waals surface area contributed by atoms with E-state index >= 15 is 0 Å². The monoisotopic (exact) mass is 215 g/mol. The highest BCUT2D eigenvalue weighted by Gasteiger charge is 2.14. The zero-order valence-corrected chi connectivity index (χ0v) is 8.77. The van der Waals surface area contributed by atoms with Gasteiger partial charge in [-0.1, -0.05) is 18.2 Å². The van der Waals surface area contributed by atoms with Crippen LogP contribution in [-0.4, -0.2) is 10.8 Å². The summed E-state index contributed by atoms with van der Waals surface area (Å²) in [5.74, 6) is -0.626. The van der Waals surface area contributed by atoms with Crippen LogP contribution in [0, 0.1) is 12.7 Å². The van der Waals surface area contributed by atoms with E-state index in [1.165, 1.54) is 12.1 Å². The molecule has 0 atom stereocenters. The molecule has 0 spiro atoms. The Morgan fingerprint density at radius 2 is 2.00 bits per heavy atom. The standard InChI is InChI=1S/C13H10FNO/c1-9-10(5-4-6-11(9)14)13(16)12-7-2-3-8-15-12/h2-8H,1H3. The molecule has 2 aromatic rings. The van der Waals surface area contributed by atoms with Crippen LogP contribution in [0.1, 0.15) is 21.6 Å². The van der Waals surface area contributed by atoms with E-state index in [1.807, 2.05) is 0 Å². The summed E-state index contributed by atoms with van der Waals surface area (Å²) in [6.45, 7) is 1.59. The maximum atomic E-state index is 13.3. The van der Waals surface area contributed by atoms with Crippen LogP contribution < -0.4 is 0 Å². The molecule has 0 saturated heterocycles. The summed E-state index contributed by atoms with van der Waals surface area (Å²) < 4.78 is 13.3. The molecule has 0 aliphatic carbocycles. The minimum atomic E-state index is -0.373. The third kappa shape index (κ3) is 1.84. The van der Waals surface area contributed by atoms with Crippen LogP contribution in [0.2, 0.25) is 0 Å². The van der Waals surface area contributed by atoms with E-state index in [1.54, 1.807) is 37.4 Å². The van der Waals surface area contributed by atoms with E-state index in [0.717, 1.165) is 0 Å². The van der Waals surface area contributed by atoms with Crippen molar-refractivity contribution in [1.82, 2.24) is 4.98 Å². The van der Waals surface area contributed by atoms with E-state index in [4.69, 9.17) is 0 Å². The van der Waals surface area contributed by atoms with Crippen LogP contribution in [0.3, 0.4) is 0 Å². The fourth-order valence-corrected chi connectivity index (χ4v) is 1.49. The lowest BCUT2D eigenvalue weighted by Gasteiger charge is -2.04. The van der Waals surface area contributed by atoms with Crippen molar-refractivity contribution in [1.29, 1.82) is 0 Å². The summed E-state index contributed by atoms with van der Waals surface area (Å²) in [6.07, 6.45) is 1.54. The summed E-state index contributed by atoms with van der Waals surface area (Å²) in [5.41, 5.74) is 1.05. The maximum Gasteiger partial charge on any atom is 0.211 e. The second kappa shape index (κ2) is 4.23. The molecular formula is C13H10FNO. The quantitative estimate of drug-likeness (QED) is 0.721. The van der Waals surface area contributed by atoms with Gasteiger partial charge in [0, 0.05) is 11.8 Å². The lowest BCUT2D eigenvalue weighted by molar-refractivity contribution is 0.103. The first-order valence-corrected chi connectivity index (χ1v) is 4.91. The fourth-order valence-electron chi connectivity index (χ4n) is 1.49. The number of rotatable bonds is 2. The number of ketones is 1. The summed E-state index contributed by atoms with van der Waals surface area (Å²) in [7, 11) is 0. The number of halogens is 1. The molecule has 16 heavy (non-hydrogen) atoms. The molecule has 0 aliphatic rings. The van der Waals surface area contributed by atoms with Gasteiger partial charge in [-0.05, 0) is 30.7 Å². The van der Waals surface area contributed by atoms with Crippen LogP contribution >= 0.6 is 0 Å². The van der Waals surface area contributed by atoms with E-state index in [0.29, 0.717) is 16.8 Å². The molecule has 0 amide bonds. The average Bonchev–Trinajstić information content (AvgIpc) is 2.33. The third-order valence-electron chi connectivity index (χ3n) is 2.41. The number of hydrogen-bond donors (Lipinski definition) is 0. The highest BCUT2D eigenvalue weighted by molar-refractivity contribution is 6.08. The summed E-state index contributed by atoms with van der Waals surface area (Å²) in [5, 5.41) is 0. The van der Waals surface area contributed by atoms with Crippen LogP contribution in [-0.2, 0) is 0 Å². The molecule has 0 saturated carbocycles. The largest absolute Gasteiger partial charge is 0.287 e. The molecule has 1 aromatic carbocycles. The maximum absolute atomic E-state index is 13.3. The van der Waals surface area contributed by atoms with Crippen molar-refractivity contribution in [3.05, 3.63) is 65.2 Å². The smallest absolute Gasteiger partial charge is 0.211 e. The normalized spacial score (nSPS) is 10.1. The highest BCUT2D eigenvalue weighted by atomic mass is 19.1. The van der Waals surface area contributed by atoms with Gasteiger partial charge in [0.25, 0.3) is 0 Å². The van der Waals surface area contributed by atoms with Crippen molar-refractivity contribution in [2.24, 2.45) is 0 Å². The minimum Gasteiger partial charge on any atom is -0.287 e. The lowest BCUT2D eigenvalue weighted by Crippen LogP contribution is -2.06. The molecule has 2 rings (SSSR count). The van der Waals surface area contributed by atoms with Gasteiger partial charge in [-0.3, -0.25) is 9.78 Å². The van der Waals surface area contributed by atoms with Gasteiger partial charge in [0.2, 0.25) is 5.78 Å². The number of pyridine rings is 1. The SMILES string of the molecule is Cc1c(F)cccc1C(=O)c1ccccn1. The van der Waals surface area contributed by atoms with E-state index < -0.39 is 0 Å². The molecule has 3 heteroatoms. The topological polar surface area (TPSA) is 30.0 Å². The highest BCUT2D eigenvalue weighted by Crippen LogP contribution is 2.15. The van der Waals surface area contributed by atoms with Gasteiger partial charge < -0.3 is 0 Å². The Morgan fingerprint density at radius 1 is 1.19 bits per heavy atom. The summed E-state index contributed by atoms with van der Waals surface area (Å²) in [6, 6.07) is 9.55. The van der Waals surface area contributed by atoms with Gasteiger partial charge >= 0.3 is 0 Å². The molecule has 80 valence electrons. The number of hydrogen-bond acceptors (Lipinski definition) is 2. The van der Waals surface area contributed by atoms with Crippen LogP contribution in [0.5, 0.6) is 0 Å². The molecule has 0 aliphatic heterocycles. The molecule has 0 fully saturated rings. The summed E-state index contributed by atoms with van der Waals surface area (Å²) in [4.78, 5) is 15.9. The third-order valence-corrected chi connectivity index (χ3v) is 2.41. The number of carbonyl (C=O) groups excluding carboxylic acids is 1. The number of aromatic nitrogens is 1. The molecular weight excluding hydrogens is 205 g/mol. The Hall–Kier alpha value is -2.03. The first-order chi connectivity index (χ1) is 7.70. The van der Waals surface area contributed by atoms with Crippen LogP contribution in [0.25, 0.3) is 0 Å². The van der Waals surface area contributed by atoms with Gasteiger partial charge in [0.15, 0.2) is 0 Å². The second-order valence-corrected chi connectivity index (χ2v) is 3.46. The first-order valence-electron chi connectivity index (χ1n) is 4.91. The van der Waals surface area contributed by atoms with Crippen molar-refractivity contribution >= 4 is 5.78 Å². The Kier molecular flexibility index (Phi) is 2.77. The molecule has 1 heterocycles. The van der Waals surface area contributed by atoms with Gasteiger partial charge in [-0.15, -0.1) is 0 Å². The van der Waals surface area contributed by atoms with Crippen molar-refractivity contribution in [2.45, 2.75) is 6.92 Å². The Balaban J connectivity index is 2.46. The van der Waals surface area contributed by atoms with Crippen molar-refractivity contribution in [3.63, 3.8) is 0 Å². The van der Waals surface area contributed by atoms with Crippen molar-refractivity contribution in [3.8, 4) is 0 Å². The average molecular weight is 215 g/mol. The van der Waals surface area contributed by atoms with E-state index in [-0.39, 0.29) is 11.6 Å². The zero-order valence-electron chi connectivity index (χ0n) is 8.77. The molecule has 2 nitrogen and oxygen atoms in total. The Morgan fingerprint density at radius 3 is 2.69 bits per heavy atom. The molecule has 1 aromatic heterocycles. The predicted octanol–water partition coefficient (Wildman–Crippen LogP) is 2.76. The Bertz CT molecular complexity index is 523. The van der Waals surface area contributed by atoms with E-state index in [2.05, 4.69) is 4.98 Å². The Labute approximate surface area is 92.8 Å². The number of nitrogens with zero attached hydrogens (tertiary/aromatic N) is 1. The van der Waals surface area contributed by atoms with Crippen molar-refractivity contribution < 1.29 is 9.18 Å². The zero-order chi connectivity index (χ0) is 11.5. The van der Waals surface area contributed by atoms with Gasteiger partial charge in [-0.2, -0.15) is 0 Å². The molecule has 0 radical (unpaired) electrons. The predicted molar refractivity (Wildman–Crippen MR) is 58.8 cm³/mol. The second-order valence-electron chi connectivity index (χ2n) is 3.46. The number of benzene rings is 1. The molecule has 0 N–H and O–H groups in total. The van der Waals surface area contributed by atoms with Gasteiger partial charge in [0.05, 0.1) is 0 Å². The molecule has 0 bridgehead atoms. The number of carbonyl (C=O) groups is 1. The summed E-state index contributed by atoms with van der Waals surface area (Å²) >= 11 is 0.